The minimum absolute atomic E-state index is 0.560. The van der Waals surface area contributed by atoms with Crippen LogP contribution in [0.4, 0.5) is 0 Å². The summed E-state index contributed by atoms with van der Waals surface area (Å²) in [4.78, 5) is 18.8. The number of hydrogen-bond acceptors (Lipinski definition) is 4. The van der Waals surface area contributed by atoms with Crippen molar-refractivity contribution in [2.75, 3.05) is 7.11 Å². The van der Waals surface area contributed by atoms with Gasteiger partial charge in [0.2, 0.25) is 0 Å². The van der Waals surface area contributed by atoms with Crippen molar-refractivity contribution in [3.8, 4) is 17.0 Å². The maximum Gasteiger partial charge on any atom is 0.267 e. The van der Waals surface area contributed by atoms with Gasteiger partial charge >= 0.3 is 0 Å². The maximum absolute atomic E-state index is 11.0. The molecule has 1 amide bonds. The highest BCUT2D eigenvalue weighted by atomic mass is 16.5. The first-order chi connectivity index (χ1) is 12.7. The van der Waals surface area contributed by atoms with Crippen LogP contribution in [0.2, 0.25) is 0 Å². The Bertz CT molecular complexity index is 897. The molecule has 26 heavy (non-hydrogen) atoms. The maximum atomic E-state index is 11.0. The van der Waals surface area contributed by atoms with E-state index in [1.165, 1.54) is 6.08 Å². The van der Waals surface area contributed by atoms with E-state index in [9.17, 15) is 4.79 Å². The molecule has 1 heterocycles. The van der Waals surface area contributed by atoms with Gasteiger partial charge in [0.1, 0.15) is 11.6 Å². The molecule has 0 atom stereocenters. The highest BCUT2D eigenvalue weighted by Crippen LogP contribution is 2.21. The smallest absolute Gasteiger partial charge is 0.267 e. The van der Waals surface area contributed by atoms with Crippen LogP contribution in [0.1, 0.15) is 17.0 Å². The Morgan fingerprint density at radius 1 is 1.19 bits per heavy atom. The van der Waals surface area contributed by atoms with Gasteiger partial charge in [-0.1, -0.05) is 24.3 Å². The third-order valence-corrected chi connectivity index (χ3v) is 3.92. The Labute approximate surface area is 151 Å². The number of aromatic amines is 1. The van der Waals surface area contributed by atoms with E-state index in [1.54, 1.807) is 18.7 Å². The molecule has 0 spiro atoms. The molecule has 6 nitrogen and oxygen atoms in total. The number of methoxy groups -OCH3 is 1. The summed E-state index contributed by atoms with van der Waals surface area (Å²) < 4.78 is 5.17. The molecule has 0 aliphatic rings. The molecule has 0 aliphatic heterocycles. The first-order valence-electron chi connectivity index (χ1n) is 8.07. The van der Waals surface area contributed by atoms with Crippen LogP contribution in [-0.2, 0) is 11.2 Å². The molecule has 1 aromatic heterocycles. The molecule has 0 aliphatic carbocycles. The van der Waals surface area contributed by atoms with E-state index in [-0.39, 0.29) is 0 Å². The highest BCUT2D eigenvalue weighted by Gasteiger charge is 2.05. The normalized spacial score (nSPS) is 10.8. The monoisotopic (exact) mass is 349 g/mol. The summed E-state index contributed by atoms with van der Waals surface area (Å²) in [5.74, 6) is 1.13. The Morgan fingerprint density at radius 3 is 2.58 bits per heavy atom. The second-order valence-corrected chi connectivity index (χ2v) is 5.70. The zero-order valence-electron chi connectivity index (χ0n) is 14.3. The van der Waals surface area contributed by atoms with Crippen LogP contribution in [0, 0.1) is 0 Å². The van der Waals surface area contributed by atoms with Gasteiger partial charge in [-0.15, -0.1) is 0 Å². The summed E-state index contributed by atoms with van der Waals surface area (Å²) in [7, 11) is 1.64. The minimum atomic E-state index is -0.560. The topological polar surface area (TPSA) is 87.2 Å². The molecule has 0 bridgehead atoms. The number of amides is 1. The van der Waals surface area contributed by atoms with E-state index in [4.69, 9.17) is 9.94 Å². The standard InChI is InChI=1S/C20H19N3O3/c1-26-17-9-7-16(8-10-17)18-13-21-19(22-18)12-15-4-2-14(3-5-15)6-11-20(24)23-25/h2-11,13,25H,12H2,1H3,(H,21,22)(H,23,24)/b11-6+. The van der Waals surface area contributed by atoms with Crippen molar-refractivity contribution in [1.82, 2.24) is 15.4 Å². The molecule has 3 N–H and O–H groups in total. The largest absolute Gasteiger partial charge is 0.497 e. The van der Waals surface area contributed by atoms with Crippen molar-refractivity contribution in [3.05, 3.63) is 77.8 Å². The van der Waals surface area contributed by atoms with Crippen LogP contribution in [0.5, 0.6) is 5.75 Å². The summed E-state index contributed by atoms with van der Waals surface area (Å²) in [6, 6.07) is 15.6. The first-order valence-corrected chi connectivity index (χ1v) is 8.07. The zero-order valence-corrected chi connectivity index (χ0v) is 14.3. The number of hydrogen-bond donors (Lipinski definition) is 3. The van der Waals surface area contributed by atoms with Gasteiger partial charge in [0, 0.05) is 12.5 Å². The molecular weight excluding hydrogens is 330 g/mol. The Hall–Kier alpha value is -3.38. The predicted molar refractivity (Wildman–Crippen MR) is 98.8 cm³/mol. The van der Waals surface area contributed by atoms with E-state index in [0.29, 0.717) is 6.42 Å². The van der Waals surface area contributed by atoms with Gasteiger partial charge in [-0.3, -0.25) is 10.0 Å². The Kier molecular flexibility index (Phi) is 5.46. The minimum Gasteiger partial charge on any atom is -0.497 e. The summed E-state index contributed by atoms with van der Waals surface area (Å²) in [5.41, 5.74) is 5.53. The van der Waals surface area contributed by atoms with Gasteiger partial charge in [0.05, 0.1) is 19.0 Å². The first kappa shape index (κ1) is 17.4. The molecular formula is C20H19N3O3. The third-order valence-electron chi connectivity index (χ3n) is 3.92. The van der Waals surface area contributed by atoms with E-state index >= 15 is 0 Å². The number of ether oxygens (including phenoxy) is 1. The van der Waals surface area contributed by atoms with Crippen LogP contribution in [0.3, 0.4) is 0 Å². The predicted octanol–water partition coefficient (Wildman–Crippen LogP) is 3.19. The second kappa shape index (κ2) is 8.13. The van der Waals surface area contributed by atoms with Gasteiger partial charge in [-0.05, 0) is 47.0 Å². The van der Waals surface area contributed by atoms with Gasteiger partial charge in [-0.25, -0.2) is 10.5 Å². The van der Waals surface area contributed by atoms with Crippen LogP contribution >= 0.6 is 0 Å². The molecule has 3 rings (SSSR count). The van der Waals surface area contributed by atoms with Crippen molar-refractivity contribution < 1.29 is 14.7 Å². The van der Waals surface area contributed by atoms with Gasteiger partial charge in [0.15, 0.2) is 0 Å². The molecule has 0 fully saturated rings. The number of rotatable bonds is 6. The van der Waals surface area contributed by atoms with Crippen LogP contribution in [0.15, 0.2) is 60.8 Å². The molecule has 0 saturated carbocycles. The fourth-order valence-electron chi connectivity index (χ4n) is 2.52. The Balaban J connectivity index is 1.67. The quantitative estimate of drug-likeness (QED) is 0.362. The van der Waals surface area contributed by atoms with Gasteiger partial charge in [0.25, 0.3) is 5.91 Å². The van der Waals surface area contributed by atoms with Crippen LogP contribution in [-0.4, -0.2) is 28.2 Å². The fraction of sp³-hybridized carbons (Fsp3) is 0.100. The van der Waals surface area contributed by atoms with E-state index < -0.39 is 5.91 Å². The molecule has 6 heteroatoms. The zero-order chi connectivity index (χ0) is 18.4. The number of H-pyrrole nitrogens is 1. The van der Waals surface area contributed by atoms with Gasteiger partial charge in [-0.2, -0.15) is 0 Å². The molecule has 2 aromatic carbocycles. The summed E-state index contributed by atoms with van der Waals surface area (Å²) in [5, 5.41) is 8.46. The highest BCUT2D eigenvalue weighted by molar-refractivity contribution is 5.90. The van der Waals surface area contributed by atoms with Crippen molar-refractivity contribution >= 4 is 12.0 Å². The number of aromatic nitrogens is 2. The molecule has 132 valence electrons. The number of imidazole rings is 1. The molecule has 0 unspecified atom stereocenters. The van der Waals surface area contributed by atoms with Crippen molar-refractivity contribution in [2.45, 2.75) is 6.42 Å². The lowest BCUT2D eigenvalue weighted by atomic mass is 10.1. The number of hydroxylamine groups is 1. The lowest BCUT2D eigenvalue weighted by Gasteiger charge is -2.02. The summed E-state index contributed by atoms with van der Waals surface area (Å²) >= 11 is 0. The van der Waals surface area contributed by atoms with E-state index in [0.717, 1.165) is 34.0 Å². The van der Waals surface area contributed by atoms with E-state index in [1.807, 2.05) is 54.7 Å². The van der Waals surface area contributed by atoms with Crippen LogP contribution in [0.25, 0.3) is 17.3 Å². The lowest BCUT2D eigenvalue weighted by molar-refractivity contribution is -0.124. The summed E-state index contributed by atoms with van der Waals surface area (Å²) in [6.45, 7) is 0. The number of benzene rings is 2. The average molecular weight is 349 g/mol. The van der Waals surface area contributed by atoms with Gasteiger partial charge < -0.3 is 9.72 Å². The van der Waals surface area contributed by atoms with Crippen molar-refractivity contribution in [3.63, 3.8) is 0 Å². The number of nitrogens with one attached hydrogen (secondary N) is 2. The SMILES string of the molecule is COc1ccc(-c2cnc(Cc3ccc(/C=C/C(=O)NO)cc3)[nH]2)cc1. The van der Waals surface area contributed by atoms with E-state index in [2.05, 4.69) is 9.97 Å². The van der Waals surface area contributed by atoms with Crippen molar-refractivity contribution in [1.29, 1.82) is 0 Å². The average Bonchev–Trinajstić information content (AvgIpc) is 3.15. The fourth-order valence-corrected chi connectivity index (χ4v) is 2.52. The number of carbonyl (C=O) groups excluding carboxylic acids is 1. The van der Waals surface area contributed by atoms with Crippen molar-refractivity contribution in [2.24, 2.45) is 0 Å². The second-order valence-electron chi connectivity index (χ2n) is 5.70. The molecule has 0 radical (unpaired) electrons. The molecule has 0 saturated heterocycles. The molecule has 3 aromatic rings. The third kappa shape index (κ3) is 4.37. The Morgan fingerprint density at radius 2 is 1.92 bits per heavy atom. The number of carbonyl (C=O) groups is 1. The lowest BCUT2D eigenvalue weighted by Crippen LogP contribution is -2.14. The van der Waals surface area contributed by atoms with Crippen LogP contribution < -0.4 is 10.2 Å². The summed E-state index contributed by atoms with van der Waals surface area (Å²) in [6.07, 6.45) is 5.39. The number of nitrogens with zero attached hydrogens (tertiary/aromatic N) is 1.